The molecule has 1 saturated heterocycles. The molecule has 2 aliphatic rings. The number of amides is 1. The Morgan fingerprint density at radius 3 is 2.38 bits per heavy atom. The molecule has 0 aromatic heterocycles. The van der Waals surface area contributed by atoms with Crippen LogP contribution in [-0.4, -0.2) is 23.1 Å². The van der Waals surface area contributed by atoms with E-state index in [1.165, 1.54) is 30.4 Å². The summed E-state index contributed by atoms with van der Waals surface area (Å²) >= 11 is 0. The number of nitrogens with zero attached hydrogens (tertiary/aromatic N) is 1. The minimum atomic E-state index is -0.154. The maximum absolute atomic E-state index is 12.5. The molecule has 1 aliphatic carbocycles. The first-order chi connectivity index (χ1) is 10.1. The van der Waals surface area contributed by atoms with Gasteiger partial charge in [-0.25, -0.2) is 4.79 Å². The Balaban J connectivity index is 1.70. The van der Waals surface area contributed by atoms with Crippen molar-refractivity contribution in [3.05, 3.63) is 35.4 Å². The zero-order valence-corrected chi connectivity index (χ0v) is 13.1. The number of ether oxygens (including phenoxy) is 1. The van der Waals surface area contributed by atoms with Gasteiger partial charge in [0.25, 0.3) is 0 Å². The number of aryl methyl sites for hydroxylation is 1. The van der Waals surface area contributed by atoms with Crippen LogP contribution in [0.15, 0.2) is 24.3 Å². The van der Waals surface area contributed by atoms with Crippen LogP contribution in [-0.2, 0) is 4.74 Å². The number of hydrogen-bond donors (Lipinski definition) is 0. The van der Waals surface area contributed by atoms with E-state index >= 15 is 0 Å². The average molecular weight is 287 g/mol. The first-order valence-corrected chi connectivity index (χ1v) is 8.16. The lowest BCUT2D eigenvalue weighted by atomic mass is 9.81. The normalized spacial score (nSPS) is 23.0. The third kappa shape index (κ3) is 2.92. The predicted molar refractivity (Wildman–Crippen MR) is 83.2 cm³/mol. The van der Waals surface area contributed by atoms with Crippen molar-refractivity contribution in [1.29, 1.82) is 0 Å². The van der Waals surface area contributed by atoms with Crippen molar-refractivity contribution in [2.45, 2.75) is 64.0 Å². The minimum Gasteiger partial charge on any atom is -0.443 e. The van der Waals surface area contributed by atoms with Gasteiger partial charge in [0.15, 0.2) is 0 Å². The van der Waals surface area contributed by atoms with Gasteiger partial charge in [0.05, 0.1) is 6.04 Å². The summed E-state index contributed by atoms with van der Waals surface area (Å²) in [7, 11) is 0. The summed E-state index contributed by atoms with van der Waals surface area (Å²) in [5.41, 5.74) is 2.27. The summed E-state index contributed by atoms with van der Waals surface area (Å²) in [6, 6.07) is 8.50. The van der Waals surface area contributed by atoms with Crippen molar-refractivity contribution in [3.8, 4) is 0 Å². The van der Waals surface area contributed by atoms with Gasteiger partial charge in [-0.05, 0) is 45.1 Å². The summed E-state index contributed by atoms with van der Waals surface area (Å²) in [5, 5.41) is 0. The molecule has 0 bridgehead atoms. The molecule has 1 spiro atoms. The molecule has 114 valence electrons. The lowest BCUT2D eigenvalue weighted by molar-refractivity contribution is -0.0751. The highest BCUT2D eigenvalue weighted by molar-refractivity contribution is 5.69. The van der Waals surface area contributed by atoms with E-state index in [0.717, 1.165) is 25.8 Å². The number of hydrogen-bond acceptors (Lipinski definition) is 2. The molecule has 1 atom stereocenters. The fourth-order valence-electron chi connectivity index (χ4n) is 3.64. The lowest BCUT2D eigenvalue weighted by Crippen LogP contribution is -2.51. The quantitative estimate of drug-likeness (QED) is 0.795. The zero-order chi connectivity index (χ0) is 14.9. The number of rotatable bonds is 2. The molecule has 3 nitrogen and oxygen atoms in total. The molecule has 1 heterocycles. The third-order valence-corrected chi connectivity index (χ3v) is 5.14. The Morgan fingerprint density at radius 2 is 1.76 bits per heavy atom. The van der Waals surface area contributed by atoms with E-state index in [2.05, 4.69) is 38.1 Å². The number of carbonyl (C=O) groups excluding carboxylic acids is 1. The standard InChI is InChI=1S/C18H25NO2/c1-14-6-8-16(9-7-14)15(2)19-13-12-18(21-17(19)20)10-4-3-5-11-18/h6-9,15H,3-5,10-13H2,1-2H3. The van der Waals surface area contributed by atoms with Gasteiger partial charge in [-0.15, -0.1) is 0 Å². The monoisotopic (exact) mass is 287 g/mol. The molecule has 0 N–H and O–H groups in total. The van der Waals surface area contributed by atoms with Crippen molar-refractivity contribution in [2.75, 3.05) is 6.54 Å². The van der Waals surface area contributed by atoms with Gasteiger partial charge >= 0.3 is 6.09 Å². The van der Waals surface area contributed by atoms with Gasteiger partial charge < -0.3 is 9.64 Å². The molecule has 1 aromatic rings. The zero-order valence-electron chi connectivity index (χ0n) is 13.1. The van der Waals surface area contributed by atoms with Crippen molar-refractivity contribution in [1.82, 2.24) is 4.90 Å². The molecular weight excluding hydrogens is 262 g/mol. The highest BCUT2D eigenvalue weighted by Crippen LogP contribution is 2.39. The maximum Gasteiger partial charge on any atom is 0.410 e. The van der Waals surface area contributed by atoms with Crippen LogP contribution in [0, 0.1) is 6.92 Å². The molecule has 21 heavy (non-hydrogen) atoms. The SMILES string of the molecule is Cc1ccc(C(C)N2CCC3(CCCCC3)OC2=O)cc1. The summed E-state index contributed by atoms with van der Waals surface area (Å²) in [4.78, 5) is 14.3. The molecule has 1 saturated carbocycles. The molecular formula is C18H25NO2. The molecule has 3 heteroatoms. The van der Waals surface area contributed by atoms with Crippen LogP contribution < -0.4 is 0 Å². The van der Waals surface area contributed by atoms with Gasteiger partial charge in [-0.1, -0.05) is 36.2 Å². The average Bonchev–Trinajstić information content (AvgIpc) is 2.48. The third-order valence-electron chi connectivity index (χ3n) is 5.14. The minimum absolute atomic E-state index is 0.0824. The van der Waals surface area contributed by atoms with Crippen LogP contribution in [0.25, 0.3) is 0 Å². The first kappa shape index (κ1) is 14.4. The summed E-state index contributed by atoms with van der Waals surface area (Å²) < 4.78 is 5.88. The summed E-state index contributed by atoms with van der Waals surface area (Å²) in [6.45, 7) is 4.98. The van der Waals surface area contributed by atoms with Gasteiger partial charge in [-0.2, -0.15) is 0 Å². The Morgan fingerprint density at radius 1 is 1.10 bits per heavy atom. The summed E-state index contributed by atoms with van der Waals surface area (Å²) in [5.74, 6) is 0. The lowest BCUT2D eigenvalue weighted by Gasteiger charge is -2.45. The topological polar surface area (TPSA) is 29.5 Å². The van der Waals surface area contributed by atoms with Crippen LogP contribution in [0.2, 0.25) is 0 Å². The molecule has 3 rings (SSSR count). The summed E-state index contributed by atoms with van der Waals surface area (Å²) in [6.07, 6.45) is 6.62. The van der Waals surface area contributed by atoms with E-state index in [4.69, 9.17) is 4.74 Å². The largest absolute Gasteiger partial charge is 0.443 e. The first-order valence-electron chi connectivity index (χ1n) is 8.16. The van der Waals surface area contributed by atoms with Crippen LogP contribution >= 0.6 is 0 Å². The van der Waals surface area contributed by atoms with E-state index in [0.29, 0.717) is 0 Å². The van der Waals surface area contributed by atoms with Crippen molar-refractivity contribution >= 4 is 6.09 Å². The second kappa shape index (κ2) is 5.70. The van der Waals surface area contributed by atoms with Gasteiger partial charge in [0, 0.05) is 13.0 Å². The van der Waals surface area contributed by atoms with E-state index in [1.807, 2.05) is 4.90 Å². The van der Waals surface area contributed by atoms with Crippen LogP contribution in [0.1, 0.15) is 62.6 Å². The van der Waals surface area contributed by atoms with E-state index in [1.54, 1.807) is 0 Å². The maximum atomic E-state index is 12.5. The Hall–Kier alpha value is -1.51. The van der Waals surface area contributed by atoms with Gasteiger partial charge in [0.1, 0.15) is 5.60 Å². The van der Waals surface area contributed by atoms with Crippen molar-refractivity contribution in [2.24, 2.45) is 0 Å². The molecule has 1 unspecified atom stereocenters. The number of carbonyl (C=O) groups is 1. The van der Waals surface area contributed by atoms with E-state index in [9.17, 15) is 4.79 Å². The second-order valence-electron chi connectivity index (χ2n) is 6.64. The Kier molecular flexibility index (Phi) is 3.92. The van der Waals surface area contributed by atoms with E-state index < -0.39 is 0 Å². The molecule has 1 aromatic carbocycles. The fourth-order valence-corrected chi connectivity index (χ4v) is 3.64. The fraction of sp³-hybridized carbons (Fsp3) is 0.611. The van der Waals surface area contributed by atoms with Crippen LogP contribution in [0.5, 0.6) is 0 Å². The molecule has 0 radical (unpaired) electrons. The number of benzene rings is 1. The highest BCUT2D eigenvalue weighted by atomic mass is 16.6. The Labute approximate surface area is 127 Å². The predicted octanol–water partition coefficient (Wildman–Crippen LogP) is 4.60. The van der Waals surface area contributed by atoms with Crippen LogP contribution in [0.4, 0.5) is 4.79 Å². The van der Waals surface area contributed by atoms with Crippen molar-refractivity contribution < 1.29 is 9.53 Å². The highest BCUT2D eigenvalue weighted by Gasteiger charge is 2.42. The van der Waals surface area contributed by atoms with Crippen molar-refractivity contribution in [3.63, 3.8) is 0 Å². The van der Waals surface area contributed by atoms with Crippen LogP contribution in [0.3, 0.4) is 0 Å². The van der Waals surface area contributed by atoms with Gasteiger partial charge in [-0.3, -0.25) is 0 Å². The Bertz CT molecular complexity index is 502. The van der Waals surface area contributed by atoms with E-state index in [-0.39, 0.29) is 17.7 Å². The van der Waals surface area contributed by atoms with Gasteiger partial charge in [0.2, 0.25) is 0 Å². The molecule has 2 fully saturated rings. The smallest absolute Gasteiger partial charge is 0.410 e. The second-order valence-corrected chi connectivity index (χ2v) is 6.64. The molecule has 1 aliphatic heterocycles. The molecule has 1 amide bonds.